The molecule has 0 bridgehead atoms. The number of ketones is 1. The summed E-state index contributed by atoms with van der Waals surface area (Å²) in [6.07, 6.45) is 1.93. The number of hydrogen-bond acceptors (Lipinski definition) is 1. The lowest BCUT2D eigenvalue weighted by Crippen LogP contribution is -1.99. The highest BCUT2D eigenvalue weighted by Gasteiger charge is 2.10. The molecule has 0 radical (unpaired) electrons. The summed E-state index contributed by atoms with van der Waals surface area (Å²) in [7, 11) is 0. The summed E-state index contributed by atoms with van der Waals surface area (Å²) in [4.78, 5) is 11.7. The number of allylic oxidation sites excluding steroid dienone is 1. The van der Waals surface area contributed by atoms with Crippen molar-refractivity contribution >= 4 is 11.9 Å². The van der Waals surface area contributed by atoms with Crippen LogP contribution in [-0.4, -0.2) is 5.78 Å². The third-order valence-corrected chi connectivity index (χ3v) is 2.57. The Balaban J connectivity index is 2.27. The first-order valence-electron chi connectivity index (χ1n) is 5.60. The molecule has 20 heavy (non-hydrogen) atoms. The van der Waals surface area contributed by atoms with Crippen molar-refractivity contribution in [3.63, 3.8) is 0 Å². The lowest BCUT2D eigenvalue weighted by atomic mass is 10.1. The molecule has 0 aliphatic rings. The molecule has 5 heteroatoms. The van der Waals surface area contributed by atoms with E-state index >= 15 is 0 Å². The van der Waals surface area contributed by atoms with Gasteiger partial charge in [0, 0.05) is 11.6 Å². The van der Waals surface area contributed by atoms with Crippen LogP contribution in [0.25, 0.3) is 6.08 Å². The molecular weight excluding hydrogens is 272 g/mol. The van der Waals surface area contributed by atoms with Crippen molar-refractivity contribution in [1.82, 2.24) is 0 Å². The zero-order chi connectivity index (χ0) is 14.7. The fourth-order valence-electron chi connectivity index (χ4n) is 1.59. The minimum absolute atomic E-state index is 0.138. The highest BCUT2D eigenvalue weighted by molar-refractivity contribution is 6.06. The number of rotatable bonds is 3. The van der Waals surface area contributed by atoms with Gasteiger partial charge in [0.15, 0.2) is 5.78 Å². The molecule has 0 aromatic heterocycles. The monoisotopic (exact) mass is 280 g/mol. The first-order valence-corrected chi connectivity index (χ1v) is 5.60. The zero-order valence-corrected chi connectivity index (χ0v) is 10.0. The van der Waals surface area contributed by atoms with Crippen LogP contribution in [0.4, 0.5) is 17.6 Å². The number of halogens is 4. The quantitative estimate of drug-likeness (QED) is 0.469. The van der Waals surface area contributed by atoms with Crippen LogP contribution in [0, 0.1) is 23.3 Å². The van der Waals surface area contributed by atoms with Crippen LogP contribution in [-0.2, 0) is 0 Å². The largest absolute Gasteiger partial charge is 0.289 e. The van der Waals surface area contributed by atoms with E-state index in [1.807, 2.05) is 0 Å². The van der Waals surface area contributed by atoms with Crippen molar-refractivity contribution in [2.24, 2.45) is 0 Å². The fraction of sp³-hybridized carbons (Fsp3) is 0. The van der Waals surface area contributed by atoms with Gasteiger partial charge in [0.1, 0.15) is 23.3 Å². The van der Waals surface area contributed by atoms with E-state index < -0.39 is 29.1 Å². The van der Waals surface area contributed by atoms with E-state index in [1.54, 1.807) is 0 Å². The maximum Gasteiger partial charge on any atom is 0.188 e. The topological polar surface area (TPSA) is 17.1 Å². The summed E-state index contributed by atoms with van der Waals surface area (Å²) in [6.45, 7) is 0. The van der Waals surface area contributed by atoms with E-state index in [4.69, 9.17) is 0 Å². The Kier molecular flexibility index (Phi) is 3.98. The van der Waals surface area contributed by atoms with Gasteiger partial charge in [-0.25, -0.2) is 17.6 Å². The van der Waals surface area contributed by atoms with Crippen molar-refractivity contribution in [2.45, 2.75) is 0 Å². The Labute approximate surface area is 112 Å². The number of carbonyl (C=O) groups is 1. The van der Waals surface area contributed by atoms with Gasteiger partial charge >= 0.3 is 0 Å². The van der Waals surface area contributed by atoms with Crippen LogP contribution in [0.5, 0.6) is 0 Å². The SMILES string of the molecule is O=C(/C=C/c1cc(F)ccc1F)c1ccc(F)cc1F. The second-order valence-corrected chi connectivity index (χ2v) is 3.99. The molecule has 0 saturated heterocycles. The molecule has 0 aliphatic heterocycles. The van der Waals surface area contributed by atoms with Crippen LogP contribution >= 0.6 is 0 Å². The van der Waals surface area contributed by atoms with Gasteiger partial charge in [0.25, 0.3) is 0 Å². The van der Waals surface area contributed by atoms with Crippen LogP contribution in [0.15, 0.2) is 42.5 Å². The Morgan fingerprint density at radius 1 is 0.850 bits per heavy atom. The normalized spacial score (nSPS) is 11.0. The lowest BCUT2D eigenvalue weighted by Gasteiger charge is -1.99. The first-order chi connectivity index (χ1) is 9.47. The molecule has 2 aromatic rings. The Morgan fingerprint density at radius 2 is 1.50 bits per heavy atom. The molecule has 0 spiro atoms. The molecule has 0 heterocycles. The highest BCUT2D eigenvalue weighted by atomic mass is 19.1. The van der Waals surface area contributed by atoms with Gasteiger partial charge in [-0.2, -0.15) is 0 Å². The molecule has 1 nitrogen and oxygen atoms in total. The number of benzene rings is 2. The smallest absolute Gasteiger partial charge is 0.188 e. The summed E-state index contributed by atoms with van der Waals surface area (Å²) in [6, 6.07) is 5.25. The lowest BCUT2D eigenvalue weighted by molar-refractivity contribution is 0.104. The van der Waals surface area contributed by atoms with Crippen molar-refractivity contribution in [3.8, 4) is 0 Å². The first kappa shape index (κ1) is 14.0. The van der Waals surface area contributed by atoms with Crippen molar-refractivity contribution in [2.75, 3.05) is 0 Å². The summed E-state index contributed by atoms with van der Waals surface area (Å²) >= 11 is 0. The summed E-state index contributed by atoms with van der Waals surface area (Å²) < 4.78 is 52.3. The van der Waals surface area contributed by atoms with Crippen molar-refractivity contribution < 1.29 is 22.4 Å². The molecule has 102 valence electrons. The van der Waals surface area contributed by atoms with Crippen LogP contribution in [0.2, 0.25) is 0 Å². The predicted molar refractivity (Wildman–Crippen MR) is 66.1 cm³/mol. The Hall–Kier alpha value is -2.43. The van der Waals surface area contributed by atoms with Gasteiger partial charge in [0.05, 0.1) is 5.56 Å². The molecule has 0 amide bonds. The molecule has 2 aromatic carbocycles. The van der Waals surface area contributed by atoms with E-state index in [1.165, 1.54) is 0 Å². The summed E-state index contributed by atoms with van der Waals surface area (Å²) in [5.41, 5.74) is -0.486. The fourth-order valence-corrected chi connectivity index (χ4v) is 1.59. The number of carbonyl (C=O) groups excluding carboxylic acids is 1. The van der Waals surface area contributed by atoms with E-state index in [9.17, 15) is 22.4 Å². The maximum absolute atomic E-state index is 13.3. The molecule has 0 fully saturated rings. The molecule has 0 N–H and O–H groups in total. The predicted octanol–water partition coefficient (Wildman–Crippen LogP) is 4.14. The molecule has 0 aliphatic carbocycles. The average molecular weight is 280 g/mol. The minimum atomic E-state index is -1.01. The van der Waals surface area contributed by atoms with Crippen molar-refractivity contribution in [1.29, 1.82) is 0 Å². The standard InChI is InChI=1S/C15H8F4O/c16-10-3-5-13(18)9(7-10)1-6-15(20)12-4-2-11(17)8-14(12)19/h1-8H/b6-1+. The van der Waals surface area contributed by atoms with Gasteiger partial charge < -0.3 is 0 Å². The van der Waals surface area contributed by atoms with Gasteiger partial charge in [-0.3, -0.25) is 4.79 Å². The van der Waals surface area contributed by atoms with Crippen molar-refractivity contribution in [3.05, 3.63) is 76.9 Å². The van der Waals surface area contributed by atoms with E-state index in [-0.39, 0.29) is 11.1 Å². The summed E-state index contributed by atoms with van der Waals surface area (Å²) in [5, 5.41) is 0. The van der Waals surface area contributed by atoms with E-state index in [0.717, 1.165) is 42.5 Å². The second-order valence-electron chi connectivity index (χ2n) is 3.99. The molecule has 0 saturated carbocycles. The third kappa shape index (κ3) is 3.12. The highest BCUT2D eigenvalue weighted by Crippen LogP contribution is 2.14. The van der Waals surface area contributed by atoms with Crippen LogP contribution < -0.4 is 0 Å². The molecule has 0 atom stereocenters. The van der Waals surface area contributed by atoms with Gasteiger partial charge in [0.2, 0.25) is 0 Å². The Bertz CT molecular complexity index is 692. The molecule has 0 unspecified atom stereocenters. The van der Waals surface area contributed by atoms with E-state index in [0.29, 0.717) is 6.07 Å². The van der Waals surface area contributed by atoms with Gasteiger partial charge in [-0.05, 0) is 42.5 Å². The summed E-state index contributed by atoms with van der Waals surface area (Å²) in [5.74, 6) is -3.97. The minimum Gasteiger partial charge on any atom is -0.289 e. The number of hydrogen-bond donors (Lipinski definition) is 0. The van der Waals surface area contributed by atoms with Gasteiger partial charge in [-0.15, -0.1) is 0 Å². The maximum atomic E-state index is 13.3. The van der Waals surface area contributed by atoms with Crippen LogP contribution in [0.1, 0.15) is 15.9 Å². The van der Waals surface area contributed by atoms with Crippen LogP contribution in [0.3, 0.4) is 0 Å². The molecule has 2 rings (SSSR count). The third-order valence-electron chi connectivity index (χ3n) is 2.57. The zero-order valence-electron chi connectivity index (χ0n) is 10.0. The second kappa shape index (κ2) is 5.69. The van der Waals surface area contributed by atoms with Gasteiger partial charge in [-0.1, -0.05) is 0 Å². The Morgan fingerprint density at radius 3 is 2.20 bits per heavy atom. The van der Waals surface area contributed by atoms with E-state index in [2.05, 4.69) is 0 Å². The average Bonchev–Trinajstić information content (AvgIpc) is 2.39. The molecular formula is C15H8F4O.